The summed E-state index contributed by atoms with van der Waals surface area (Å²) >= 11 is 5.78. The Morgan fingerprint density at radius 1 is 1.35 bits per heavy atom. The summed E-state index contributed by atoms with van der Waals surface area (Å²) in [5.41, 5.74) is 0.849. The van der Waals surface area contributed by atoms with Crippen LogP contribution in [0.5, 0.6) is 0 Å². The van der Waals surface area contributed by atoms with E-state index in [1.54, 1.807) is 30.3 Å². The van der Waals surface area contributed by atoms with Crippen LogP contribution in [0.1, 0.15) is 18.9 Å². The van der Waals surface area contributed by atoms with Gasteiger partial charge in [-0.05, 0) is 36.1 Å². The molecule has 106 valence electrons. The van der Waals surface area contributed by atoms with Gasteiger partial charge < -0.3 is 10.0 Å². The predicted octanol–water partition coefficient (Wildman–Crippen LogP) is 2.67. The normalized spacial score (nSPS) is 22.4. The van der Waals surface area contributed by atoms with Crippen molar-refractivity contribution in [3.63, 3.8) is 0 Å². The number of carbonyl (C=O) groups is 2. The van der Waals surface area contributed by atoms with E-state index in [-0.39, 0.29) is 11.8 Å². The van der Waals surface area contributed by atoms with Crippen LogP contribution in [-0.2, 0) is 9.59 Å². The fraction of sp³-hybridized carbons (Fsp3) is 0.333. The molecule has 1 amide bonds. The molecule has 0 bridgehead atoms. The van der Waals surface area contributed by atoms with Gasteiger partial charge in [0.05, 0.1) is 0 Å². The number of likely N-dealkylation sites (tertiary alicyclic amines) is 1. The topological polar surface area (TPSA) is 57.6 Å². The highest BCUT2D eigenvalue weighted by Crippen LogP contribution is 2.24. The summed E-state index contributed by atoms with van der Waals surface area (Å²) in [6.45, 7) is 2.34. The van der Waals surface area contributed by atoms with Crippen molar-refractivity contribution in [2.75, 3.05) is 6.54 Å². The Kier molecular flexibility index (Phi) is 4.45. The first-order valence-corrected chi connectivity index (χ1v) is 6.84. The molecule has 1 aromatic rings. The molecule has 1 aliphatic rings. The van der Waals surface area contributed by atoms with Gasteiger partial charge in [0.1, 0.15) is 6.04 Å². The number of halogens is 1. The Morgan fingerprint density at radius 3 is 2.60 bits per heavy atom. The van der Waals surface area contributed by atoms with Gasteiger partial charge in [-0.15, -0.1) is 0 Å². The molecule has 1 N–H and O–H groups in total. The molecule has 0 radical (unpaired) electrons. The van der Waals surface area contributed by atoms with Crippen molar-refractivity contribution >= 4 is 29.6 Å². The number of carboxylic acids is 1. The summed E-state index contributed by atoms with van der Waals surface area (Å²) in [5, 5.41) is 9.82. The summed E-state index contributed by atoms with van der Waals surface area (Å²) in [4.78, 5) is 24.7. The van der Waals surface area contributed by atoms with Crippen molar-refractivity contribution in [1.29, 1.82) is 0 Å². The lowest BCUT2D eigenvalue weighted by molar-refractivity contribution is -0.147. The molecule has 1 heterocycles. The third-order valence-electron chi connectivity index (χ3n) is 3.52. The van der Waals surface area contributed by atoms with Gasteiger partial charge in [0.15, 0.2) is 0 Å². The molecule has 0 spiro atoms. The number of amides is 1. The van der Waals surface area contributed by atoms with E-state index < -0.39 is 12.0 Å². The molecule has 1 aromatic carbocycles. The summed E-state index contributed by atoms with van der Waals surface area (Å²) in [5.74, 6) is -1.22. The molecule has 0 aliphatic carbocycles. The largest absolute Gasteiger partial charge is 0.480 e. The number of hydrogen-bond acceptors (Lipinski definition) is 2. The minimum absolute atomic E-state index is 0.0135. The second-order valence-corrected chi connectivity index (χ2v) is 5.40. The zero-order chi connectivity index (χ0) is 14.7. The number of benzene rings is 1. The molecule has 2 unspecified atom stereocenters. The predicted molar refractivity (Wildman–Crippen MR) is 77.4 cm³/mol. The van der Waals surface area contributed by atoms with E-state index in [2.05, 4.69) is 0 Å². The monoisotopic (exact) mass is 293 g/mol. The first-order chi connectivity index (χ1) is 9.49. The van der Waals surface area contributed by atoms with Gasteiger partial charge in [-0.2, -0.15) is 0 Å². The minimum atomic E-state index is -0.941. The average Bonchev–Trinajstić information content (AvgIpc) is 2.80. The Bertz CT molecular complexity index is 539. The fourth-order valence-corrected chi connectivity index (χ4v) is 2.53. The van der Waals surface area contributed by atoms with Gasteiger partial charge in [-0.1, -0.05) is 30.7 Å². The number of rotatable bonds is 3. The first-order valence-electron chi connectivity index (χ1n) is 6.46. The van der Waals surface area contributed by atoms with E-state index in [1.807, 2.05) is 6.92 Å². The van der Waals surface area contributed by atoms with Crippen LogP contribution in [0, 0.1) is 5.92 Å². The smallest absolute Gasteiger partial charge is 0.326 e. The van der Waals surface area contributed by atoms with Crippen molar-refractivity contribution in [3.05, 3.63) is 40.9 Å². The van der Waals surface area contributed by atoms with E-state index in [4.69, 9.17) is 11.6 Å². The molecule has 5 heteroatoms. The summed E-state index contributed by atoms with van der Waals surface area (Å²) in [6, 6.07) is 6.35. The van der Waals surface area contributed by atoms with Crippen LogP contribution in [0.25, 0.3) is 6.08 Å². The zero-order valence-corrected chi connectivity index (χ0v) is 11.9. The second kappa shape index (κ2) is 6.09. The van der Waals surface area contributed by atoms with E-state index in [9.17, 15) is 14.7 Å². The summed E-state index contributed by atoms with van der Waals surface area (Å²) in [6.07, 6.45) is 3.80. The minimum Gasteiger partial charge on any atom is -0.480 e. The van der Waals surface area contributed by atoms with E-state index in [0.29, 0.717) is 11.6 Å². The molecule has 20 heavy (non-hydrogen) atoms. The third kappa shape index (κ3) is 3.20. The number of aliphatic carboxylic acids is 1. The Hall–Kier alpha value is -1.81. The van der Waals surface area contributed by atoms with Crippen LogP contribution >= 0.6 is 11.6 Å². The molecule has 4 nitrogen and oxygen atoms in total. The number of nitrogens with zero attached hydrogens (tertiary/aromatic N) is 1. The van der Waals surface area contributed by atoms with Crippen molar-refractivity contribution in [1.82, 2.24) is 4.90 Å². The quantitative estimate of drug-likeness (QED) is 0.872. The summed E-state index contributed by atoms with van der Waals surface area (Å²) in [7, 11) is 0. The van der Waals surface area contributed by atoms with Crippen molar-refractivity contribution in [2.24, 2.45) is 5.92 Å². The molecular weight excluding hydrogens is 278 g/mol. The molecule has 1 fully saturated rings. The molecule has 2 rings (SSSR count). The summed E-state index contributed by atoms with van der Waals surface area (Å²) < 4.78 is 0. The average molecular weight is 294 g/mol. The molecule has 1 saturated heterocycles. The third-order valence-corrected chi connectivity index (χ3v) is 3.78. The fourth-order valence-electron chi connectivity index (χ4n) is 2.41. The highest BCUT2D eigenvalue weighted by Gasteiger charge is 2.38. The maximum absolute atomic E-state index is 12.1. The highest BCUT2D eigenvalue weighted by atomic mass is 35.5. The first kappa shape index (κ1) is 14.6. The van der Waals surface area contributed by atoms with Crippen LogP contribution in [-0.4, -0.2) is 34.5 Å². The number of hydrogen-bond donors (Lipinski definition) is 1. The van der Waals surface area contributed by atoms with Gasteiger partial charge in [-0.25, -0.2) is 4.79 Å². The van der Waals surface area contributed by atoms with Gasteiger partial charge in [0.2, 0.25) is 5.91 Å². The molecule has 2 atom stereocenters. The van der Waals surface area contributed by atoms with Crippen LogP contribution < -0.4 is 0 Å². The SMILES string of the molecule is CC1CCN(C(=O)/C=C/c2ccc(Cl)cc2)C1C(=O)O. The van der Waals surface area contributed by atoms with Crippen LogP contribution in [0.2, 0.25) is 5.02 Å². The molecule has 1 aliphatic heterocycles. The Morgan fingerprint density at radius 2 is 2.00 bits per heavy atom. The van der Waals surface area contributed by atoms with Gasteiger partial charge in [0.25, 0.3) is 0 Å². The highest BCUT2D eigenvalue weighted by molar-refractivity contribution is 6.30. The van der Waals surface area contributed by atoms with Crippen LogP contribution in [0.4, 0.5) is 0 Å². The molecule has 0 aromatic heterocycles. The van der Waals surface area contributed by atoms with Gasteiger partial charge >= 0.3 is 5.97 Å². The van der Waals surface area contributed by atoms with Crippen LogP contribution in [0.15, 0.2) is 30.3 Å². The van der Waals surface area contributed by atoms with E-state index in [0.717, 1.165) is 12.0 Å². The zero-order valence-electron chi connectivity index (χ0n) is 11.1. The van der Waals surface area contributed by atoms with Crippen LogP contribution in [0.3, 0.4) is 0 Å². The lowest BCUT2D eigenvalue weighted by atomic mass is 10.0. The lowest BCUT2D eigenvalue weighted by Crippen LogP contribution is -2.42. The van der Waals surface area contributed by atoms with Gasteiger partial charge in [-0.3, -0.25) is 4.79 Å². The van der Waals surface area contributed by atoms with E-state index in [1.165, 1.54) is 11.0 Å². The second-order valence-electron chi connectivity index (χ2n) is 4.97. The number of carboxylic acid groups (broad SMARTS) is 1. The standard InChI is InChI=1S/C15H16ClNO3/c1-10-8-9-17(14(10)15(19)20)13(18)7-4-11-2-5-12(16)6-3-11/h2-7,10,14H,8-9H2,1H3,(H,19,20)/b7-4+. The molecule has 0 saturated carbocycles. The van der Waals surface area contributed by atoms with Crippen molar-refractivity contribution in [3.8, 4) is 0 Å². The Labute approximate surface area is 122 Å². The lowest BCUT2D eigenvalue weighted by Gasteiger charge is -2.21. The maximum Gasteiger partial charge on any atom is 0.326 e. The van der Waals surface area contributed by atoms with Gasteiger partial charge in [0, 0.05) is 17.6 Å². The number of carbonyl (C=O) groups excluding carboxylic acids is 1. The maximum atomic E-state index is 12.1. The molecular formula is C15H16ClNO3. The van der Waals surface area contributed by atoms with Crippen molar-refractivity contribution < 1.29 is 14.7 Å². The van der Waals surface area contributed by atoms with Crippen molar-refractivity contribution in [2.45, 2.75) is 19.4 Å². The Balaban J connectivity index is 2.08. The van der Waals surface area contributed by atoms with E-state index >= 15 is 0 Å².